The molecular weight excluding hydrogens is 312 g/mol. The Morgan fingerprint density at radius 1 is 0.960 bits per heavy atom. The summed E-state index contributed by atoms with van der Waals surface area (Å²) in [6.45, 7) is 4.45. The molecule has 5 heteroatoms. The van der Waals surface area contributed by atoms with Gasteiger partial charge in [0, 0.05) is 29.9 Å². The van der Waals surface area contributed by atoms with Crippen LogP contribution in [0.4, 0.5) is 5.69 Å². The molecule has 0 bridgehead atoms. The molecule has 0 radical (unpaired) electrons. The Bertz CT molecular complexity index is 796. The number of para-hydroxylation sites is 1. The number of aliphatic imine (C=N–C) groups is 2. The lowest BCUT2D eigenvalue weighted by atomic mass is 10.0. The van der Waals surface area contributed by atoms with Gasteiger partial charge in [0.2, 0.25) is 0 Å². The van der Waals surface area contributed by atoms with Gasteiger partial charge in [-0.15, -0.1) is 0 Å². The molecule has 0 aliphatic carbocycles. The zero-order valence-electron chi connectivity index (χ0n) is 14.3. The molecule has 1 aliphatic rings. The second-order valence-electron chi connectivity index (χ2n) is 5.82. The van der Waals surface area contributed by atoms with Crippen LogP contribution < -0.4 is 10.6 Å². The molecule has 0 unspecified atom stereocenters. The molecule has 2 aromatic rings. The molecule has 0 saturated carbocycles. The molecule has 0 spiro atoms. The summed E-state index contributed by atoms with van der Waals surface area (Å²) in [6, 6.07) is 17.7. The first-order valence-electron chi connectivity index (χ1n) is 8.47. The van der Waals surface area contributed by atoms with E-state index in [-0.39, 0.29) is 5.78 Å². The van der Waals surface area contributed by atoms with Crippen molar-refractivity contribution in [1.29, 1.82) is 0 Å². The monoisotopic (exact) mass is 334 g/mol. The first-order valence-corrected chi connectivity index (χ1v) is 8.47. The van der Waals surface area contributed by atoms with Crippen LogP contribution in [0.5, 0.6) is 0 Å². The average molecular weight is 334 g/mol. The van der Waals surface area contributed by atoms with Crippen LogP contribution in [0.25, 0.3) is 0 Å². The highest BCUT2D eigenvalue weighted by atomic mass is 16.1. The average Bonchev–Trinajstić information content (AvgIpc) is 2.66. The van der Waals surface area contributed by atoms with Gasteiger partial charge in [-0.05, 0) is 25.1 Å². The van der Waals surface area contributed by atoms with Gasteiger partial charge in [0.05, 0.1) is 13.1 Å². The van der Waals surface area contributed by atoms with Gasteiger partial charge in [-0.2, -0.15) is 0 Å². The van der Waals surface area contributed by atoms with Crippen LogP contribution in [-0.4, -0.2) is 43.5 Å². The summed E-state index contributed by atoms with van der Waals surface area (Å²) >= 11 is 0. The number of carbonyl (C=O) groups is 1. The van der Waals surface area contributed by atoms with E-state index in [2.05, 4.69) is 20.6 Å². The third kappa shape index (κ3) is 4.53. The van der Waals surface area contributed by atoms with Crippen molar-refractivity contribution in [2.75, 3.05) is 31.5 Å². The Balaban J connectivity index is 1.62. The van der Waals surface area contributed by atoms with E-state index in [0.29, 0.717) is 18.7 Å². The van der Waals surface area contributed by atoms with E-state index in [1.165, 1.54) is 0 Å². The van der Waals surface area contributed by atoms with E-state index >= 15 is 0 Å². The summed E-state index contributed by atoms with van der Waals surface area (Å²) in [7, 11) is 0. The van der Waals surface area contributed by atoms with E-state index in [0.717, 1.165) is 35.9 Å². The normalized spacial score (nSPS) is 13.6. The number of nitrogens with zero attached hydrogens (tertiary/aromatic N) is 2. The Morgan fingerprint density at radius 2 is 1.72 bits per heavy atom. The minimum atomic E-state index is 0.0526. The molecule has 5 nitrogen and oxygen atoms in total. The van der Waals surface area contributed by atoms with Crippen molar-refractivity contribution in [2.24, 2.45) is 9.98 Å². The van der Waals surface area contributed by atoms with Crippen molar-refractivity contribution in [3.05, 3.63) is 65.7 Å². The Labute approximate surface area is 147 Å². The van der Waals surface area contributed by atoms with E-state index < -0.39 is 0 Å². The third-order valence-corrected chi connectivity index (χ3v) is 3.93. The maximum Gasteiger partial charge on any atom is 0.159 e. The number of rotatable bonds is 6. The van der Waals surface area contributed by atoms with Crippen molar-refractivity contribution in [1.82, 2.24) is 5.32 Å². The largest absolute Gasteiger partial charge is 0.383 e. The van der Waals surface area contributed by atoms with Crippen molar-refractivity contribution < 1.29 is 4.79 Å². The molecule has 1 heterocycles. The third-order valence-electron chi connectivity index (χ3n) is 3.93. The summed E-state index contributed by atoms with van der Waals surface area (Å²) < 4.78 is 0. The quantitative estimate of drug-likeness (QED) is 0.631. The van der Waals surface area contributed by atoms with E-state index in [9.17, 15) is 4.79 Å². The van der Waals surface area contributed by atoms with Crippen LogP contribution in [0.3, 0.4) is 0 Å². The minimum Gasteiger partial charge on any atom is -0.383 e. The lowest BCUT2D eigenvalue weighted by Gasteiger charge is -2.17. The zero-order valence-corrected chi connectivity index (χ0v) is 14.3. The standard InChI is InChI=1S/C20H22N4O/c1-15(25)16-6-5-7-17(14-16)19-20(24-13-11-22-19)23-12-10-21-18-8-3-2-4-9-18/h2-9,14,21H,10-13H2,1H3,(H,23,24). The fourth-order valence-corrected chi connectivity index (χ4v) is 2.67. The van der Waals surface area contributed by atoms with Gasteiger partial charge in [0.25, 0.3) is 0 Å². The number of carbonyl (C=O) groups excluding carboxylic acids is 1. The Morgan fingerprint density at radius 3 is 2.52 bits per heavy atom. The summed E-state index contributed by atoms with van der Waals surface area (Å²) in [6.07, 6.45) is 0. The fourth-order valence-electron chi connectivity index (χ4n) is 2.67. The van der Waals surface area contributed by atoms with Crippen LogP contribution in [0.2, 0.25) is 0 Å². The number of nitrogens with one attached hydrogen (secondary N) is 2. The molecule has 0 saturated heterocycles. The number of ketones is 1. The van der Waals surface area contributed by atoms with Gasteiger partial charge >= 0.3 is 0 Å². The Kier molecular flexibility index (Phi) is 5.57. The summed E-state index contributed by atoms with van der Waals surface area (Å²) in [5.74, 6) is 0.846. The van der Waals surface area contributed by atoms with Crippen LogP contribution in [-0.2, 0) is 0 Å². The molecule has 0 aromatic heterocycles. The molecule has 0 atom stereocenters. The van der Waals surface area contributed by atoms with Crippen molar-refractivity contribution in [3.8, 4) is 0 Å². The summed E-state index contributed by atoms with van der Waals surface area (Å²) in [4.78, 5) is 20.8. The zero-order chi connectivity index (χ0) is 17.5. The molecule has 25 heavy (non-hydrogen) atoms. The van der Waals surface area contributed by atoms with Crippen LogP contribution in [0.1, 0.15) is 22.8 Å². The van der Waals surface area contributed by atoms with Gasteiger partial charge in [0.15, 0.2) is 5.78 Å². The maximum absolute atomic E-state index is 11.6. The second kappa shape index (κ2) is 8.24. The molecule has 2 aromatic carbocycles. The van der Waals surface area contributed by atoms with E-state index in [1.807, 2.05) is 54.6 Å². The molecule has 3 rings (SSSR count). The number of hydrogen-bond acceptors (Lipinski definition) is 5. The van der Waals surface area contributed by atoms with Gasteiger partial charge in [-0.1, -0.05) is 36.4 Å². The topological polar surface area (TPSA) is 65.8 Å². The Hall–Kier alpha value is -2.95. The van der Waals surface area contributed by atoms with Gasteiger partial charge in [-0.25, -0.2) is 0 Å². The molecular formula is C20H22N4O. The molecule has 0 amide bonds. The van der Waals surface area contributed by atoms with Gasteiger partial charge in [0.1, 0.15) is 11.5 Å². The van der Waals surface area contributed by atoms with Crippen LogP contribution in [0, 0.1) is 0 Å². The highest BCUT2D eigenvalue weighted by molar-refractivity contribution is 6.47. The molecule has 1 aliphatic heterocycles. The second-order valence-corrected chi connectivity index (χ2v) is 5.82. The molecule has 128 valence electrons. The number of Topliss-reactive ketones (excluding diaryl/α,β-unsaturated/α-hetero) is 1. The highest BCUT2D eigenvalue weighted by Gasteiger charge is 2.15. The molecule has 2 N–H and O–H groups in total. The van der Waals surface area contributed by atoms with Crippen molar-refractivity contribution >= 4 is 23.0 Å². The first-order chi connectivity index (χ1) is 12.2. The van der Waals surface area contributed by atoms with Gasteiger partial charge in [-0.3, -0.25) is 14.8 Å². The lowest BCUT2D eigenvalue weighted by Crippen LogP contribution is -2.37. The lowest BCUT2D eigenvalue weighted by molar-refractivity contribution is 0.101. The highest BCUT2D eigenvalue weighted by Crippen LogP contribution is 2.10. The smallest absolute Gasteiger partial charge is 0.159 e. The predicted molar refractivity (Wildman–Crippen MR) is 103 cm³/mol. The maximum atomic E-state index is 11.6. The predicted octanol–water partition coefficient (Wildman–Crippen LogP) is 2.79. The number of amidine groups is 1. The van der Waals surface area contributed by atoms with Crippen LogP contribution in [0.15, 0.2) is 64.6 Å². The van der Waals surface area contributed by atoms with Crippen molar-refractivity contribution in [2.45, 2.75) is 6.92 Å². The fraction of sp³-hybridized carbons (Fsp3) is 0.250. The first kappa shape index (κ1) is 16.9. The number of hydrogen-bond donors (Lipinski definition) is 2. The molecule has 0 fully saturated rings. The van der Waals surface area contributed by atoms with E-state index in [4.69, 9.17) is 0 Å². The van der Waals surface area contributed by atoms with Crippen molar-refractivity contribution in [3.63, 3.8) is 0 Å². The van der Waals surface area contributed by atoms with E-state index in [1.54, 1.807) is 6.92 Å². The van der Waals surface area contributed by atoms with Crippen LogP contribution >= 0.6 is 0 Å². The summed E-state index contributed by atoms with van der Waals surface area (Å²) in [5, 5.41) is 6.72. The number of anilines is 1. The SMILES string of the molecule is CC(=O)c1cccc(C2=NCCN=C2NCCNc2ccccc2)c1. The number of benzene rings is 2. The minimum absolute atomic E-state index is 0.0526. The summed E-state index contributed by atoms with van der Waals surface area (Å²) in [5.41, 5.74) is 3.54. The van der Waals surface area contributed by atoms with Gasteiger partial charge < -0.3 is 10.6 Å².